The molecule has 0 bridgehead atoms. The summed E-state index contributed by atoms with van der Waals surface area (Å²) in [5.41, 5.74) is -0.0340. The van der Waals surface area contributed by atoms with Gasteiger partial charge in [-0.3, -0.25) is 0 Å². The van der Waals surface area contributed by atoms with Gasteiger partial charge in [0.05, 0.1) is 5.56 Å². The Kier molecular flexibility index (Phi) is 3.27. The molecule has 1 aromatic carbocycles. The second kappa shape index (κ2) is 4.87. The van der Waals surface area contributed by atoms with Crippen LogP contribution in [0.3, 0.4) is 0 Å². The highest BCUT2D eigenvalue weighted by Crippen LogP contribution is 2.20. The summed E-state index contributed by atoms with van der Waals surface area (Å²) < 4.78 is 35.9. The van der Waals surface area contributed by atoms with Crippen molar-refractivity contribution in [2.24, 2.45) is 0 Å². The van der Waals surface area contributed by atoms with Gasteiger partial charge >= 0.3 is 5.97 Å². The fourth-order valence-corrected chi connectivity index (χ4v) is 1.31. The summed E-state index contributed by atoms with van der Waals surface area (Å²) in [6.45, 7) is -0.187. The maximum absolute atomic E-state index is 13.2. The van der Waals surface area contributed by atoms with Crippen LogP contribution in [0.4, 0.5) is 8.78 Å². The molecule has 1 aromatic heterocycles. The van der Waals surface area contributed by atoms with Crippen molar-refractivity contribution < 1.29 is 27.8 Å². The third-order valence-electron chi connectivity index (χ3n) is 2.16. The normalized spacial score (nSPS) is 10.3. The zero-order valence-corrected chi connectivity index (χ0v) is 9.02. The van der Waals surface area contributed by atoms with Crippen molar-refractivity contribution in [1.29, 1.82) is 0 Å². The van der Waals surface area contributed by atoms with Crippen molar-refractivity contribution in [1.82, 2.24) is 0 Å². The lowest BCUT2D eigenvalue weighted by Gasteiger charge is -2.04. The highest BCUT2D eigenvalue weighted by Gasteiger charge is 2.10. The van der Waals surface area contributed by atoms with Gasteiger partial charge in [0.15, 0.2) is 11.6 Å². The van der Waals surface area contributed by atoms with Crippen molar-refractivity contribution in [3.8, 4) is 5.75 Å². The summed E-state index contributed by atoms with van der Waals surface area (Å²) >= 11 is 0. The first-order valence-corrected chi connectivity index (χ1v) is 4.95. The first-order chi connectivity index (χ1) is 8.56. The summed E-state index contributed by atoms with van der Waals surface area (Å²) in [6.07, 6.45) is 1.04. The van der Waals surface area contributed by atoms with Gasteiger partial charge in [-0.25, -0.2) is 13.6 Å². The molecule has 0 atom stereocenters. The fraction of sp³-hybridized carbons (Fsp3) is 0.0833. The molecule has 0 saturated heterocycles. The Balaban J connectivity index is 2.06. The number of rotatable bonds is 4. The van der Waals surface area contributed by atoms with E-state index in [-0.39, 0.29) is 23.7 Å². The topological polar surface area (TPSA) is 59.7 Å². The molecule has 2 rings (SSSR count). The second-order valence-corrected chi connectivity index (χ2v) is 3.47. The molecular weight excluding hydrogens is 246 g/mol. The van der Waals surface area contributed by atoms with E-state index in [0.29, 0.717) is 0 Å². The van der Waals surface area contributed by atoms with E-state index in [9.17, 15) is 13.6 Å². The van der Waals surface area contributed by atoms with Crippen LogP contribution in [0.25, 0.3) is 0 Å². The maximum Gasteiger partial charge on any atom is 0.338 e. The first kappa shape index (κ1) is 12.1. The highest BCUT2D eigenvalue weighted by atomic mass is 19.1. The Bertz CT molecular complexity index is 577. The van der Waals surface area contributed by atoms with E-state index in [1.165, 1.54) is 6.07 Å². The molecule has 0 aliphatic carbocycles. The average Bonchev–Trinajstić information content (AvgIpc) is 2.79. The van der Waals surface area contributed by atoms with Crippen LogP contribution in [0.5, 0.6) is 5.75 Å². The number of hydrogen-bond donors (Lipinski definition) is 1. The van der Waals surface area contributed by atoms with Crippen LogP contribution in [-0.4, -0.2) is 11.1 Å². The summed E-state index contributed by atoms with van der Waals surface area (Å²) in [7, 11) is 0. The van der Waals surface area contributed by atoms with Gasteiger partial charge in [0.1, 0.15) is 24.4 Å². The zero-order chi connectivity index (χ0) is 13.1. The Morgan fingerprint density at radius 2 is 2.11 bits per heavy atom. The van der Waals surface area contributed by atoms with Crippen LogP contribution < -0.4 is 4.74 Å². The monoisotopic (exact) mass is 254 g/mol. The van der Waals surface area contributed by atoms with Crippen LogP contribution in [0.1, 0.15) is 16.1 Å². The highest BCUT2D eigenvalue weighted by molar-refractivity contribution is 5.87. The van der Waals surface area contributed by atoms with Gasteiger partial charge in [-0.05, 0) is 18.2 Å². The predicted octanol–water partition coefficient (Wildman–Crippen LogP) is 2.84. The molecule has 6 heteroatoms. The number of carboxylic acid groups (broad SMARTS) is 1. The minimum absolute atomic E-state index is 0.0340. The largest absolute Gasteiger partial charge is 0.482 e. The van der Waals surface area contributed by atoms with Crippen molar-refractivity contribution in [3.05, 3.63) is 53.5 Å². The minimum Gasteiger partial charge on any atom is -0.482 e. The van der Waals surface area contributed by atoms with E-state index in [2.05, 4.69) is 0 Å². The summed E-state index contributed by atoms with van der Waals surface area (Å²) in [4.78, 5) is 10.6. The van der Waals surface area contributed by atoms with E-state index >= 15 is 0 Å². The fourth-order valence-electron chi connectivity index (χ4n) is 1.31. The predicted molar refractivity (Wildman–Crippen MR) is 56.4 cm³/mol. The number of benzene rings is 1. The molecular formula is C12H8F2O4. The molecule has 0 aliphatic heterocycles. The lowest BCUT2D eigenvalue weighted by molar-refractivity contribution is 0.0696. The molecule has 0 saturated carbocycles. The molecule has 18 heavy (non-hydrogen) atoms. The van der Waals surface area contributed by atoms with Crippen LogP contribution in [0.15, 0.2) is 34.9 Å². The molecule has 0 spiro atoms. The third kappa shape index (κ3) is 2.65. The number of furan rings is 1. The summed E-state index contributed by atoms with van der Waals surface area (Å²) in [5, 5.41) is 8.65. The molecule has 0 fully saturated rings. The smallest absolute Gasteiger partial charge is 0.338 e. The third-order valence-corrected chi connectivity index (χ3v) is 2.16. The van der Waals surface area contributed by atoms with Gasteiger partial charge in [0.2, 0.25) is 0 Å². The van der Waals surface area contributed by atoms with E-state index in [4.69, 9.17) is 14.3 Å². The van der Waals surface area contributed by atoms with E-state index in [1.54, 1.807) is 0 Å². The van der Waals surface area contributed by atoms with Crippen molar-refractivity contribution >= 4 is 5.97 Å². The van der Waals surface area contributed by atoms with Gasteiger partial charge in [-0.1, -0.05) is 0 Å². The van der Waals surface area contributed by atoms with Crippen LogP contribution >= 0.6 is 0 Å². The number of halogens is 2. The Hall–Kier alpha value is -2.37. The lowest BCUT2D eigenvalue weighted by atomic mass is 10.3. The molecule has 94 valence electrons. The van der Waals surface area contributed by atoms with Gasteiger partial charge < -0.3 is 14.3 Å². The Labute approximate surface area is 100 Å². The molecule has 0 radical (unpaired) electrons. The first-order valence-electron chi connectivity index (χ1n) is 4.95. The minimum atomic E-state index is -1.14. The zero-order valence-electron chi connectivity index (χ0n) is 9.02. The van der Waals surface area contributed by atoms with Gasteiger partial charge in [-0.2, -0.15) is 0 Å². The van der Waals surface area contributed by atoms with Crippen LogP contribution in [-0.2, 0) is 6.61 Å². The maximum atomic E-state index is 13.2. The number of hydrogen-bond acceptors (Lipinski definition) is 3. The number of aromatic carboxylic acids is 1. The van der Waals surface area contributed by atoms with E-state index < -0.39 is 17.6 Å². The average molecular weight is 254 g/mol. The molecule has 1 heterocycles. The quantitative estimate of drug-likeness (QED) is 0.911. The van der Waals surface area contributed by atoms with Crippen molar-refractivity contribution in [2.45, 2.75) is 6.61 Å². The number of ether oxygens (including phenoxy) is 1. The van der Waals surface area contributed by atoms with Gasteiger partial charge in [0, 0.05) is 6.07 Å². The lowest BCUT2D eigenvalue weighted by Crippen LogP contribution is -1.97. The summed E-state index contributed by atoms with van der Waals surface area (Å²) in [5.74, 6) is -2.53. The van der Waals surface area contributed by atoms with Gasteiger partial charge in [-0.15, -0.1) is 0 Å². The standard InChI is InChI=1S/C12H8F2O4/c13-8-1-2-10(14)11(4-8)18-6-9-3-7(5-17-9)12(15)16/h1-5H,6H2,(H,15,16). The van der Waals surface area contributed by atoms with Crippen molar-refractivity contribution in [3.63, 3.8) is 0 Å². The molecule has 0 amide bonds. The van der Waals surface area contributed by atoms with Gasteiger partial charge in [0.25, 0.3) is 0 Å². The molecule has 0 unspecified atom stereocenters. The molecule has 0 aliphatic rings. The van der Waals surface area contributed by atoms with Crippen LogP contribution in [0.2, 0.25) is 0 Å². The van der Waals surface area contributed by atoms with Crippen LogP contribution in [0, 0.1) is 11.6 Å². The SMILES string of the molecule is O=C(O)c1coc(COc2cc(F)ccc2F)c1. The number of carbonyl (C=O) groups is 1. The van der Waals surface area contributed by atoms with Crippen molar-refractivity contribution in [2.75, 3.05) is 0 Å². The molecule has 4 nitrogen and oxygen atoms in total. The van der Waals surface area contributed by atoms with E-state index in [1.807, 2.05) is 0 Å². The Morgan fingerprint density at radius 3 is 2.78 bits per heavy atom. The van der Waals surface area contributed by atoms with E-state index in [0.717, 1.165) is 24.5 Å². The second-order valence-electron chi connectivity index (χ2n) is 3.47. The Morgan fingerprint density at radius 1 is 1.33 bits per heavy atom. The molecule has 1 N–H and O–H groups in total. The molecule has 2 aromatic rings. The summed E-state index contributed by atoms with van der Waals surface area (Å²) in [6, 6.07) is 4.06. The number of carboxylic acids is 1.